The van der Waals surface area contributed by atoms with Gasteiger partial charge in [-0.05, 0) is 53.2 Å². The average Bonchev–Trinajstić information content (AvgIpc) is 3.03. The van der Waals surface area contributed by atoms with Crippen molar-refractivity contribution < 1.29 is 17.8 Å². The zero-order valence-electron chi connectivity index (χ0n) is 17.4. The number of likely N-dealkylation sites (N-methyl/N-ethyl adjacent to an activating group) is 1. The van der Waals surface area contributed by atoms with Gasteiger partial charge in [0.2, 0.25) is 0 Å². The molecule has 166 valence electrons. The summed E-state index contributed by atoms with van der Waals surface area (Å²) >= 11 is 5.35. The number of carbonyl (C=O) groups excluding carboxylic acids is 1. The second kappa shape index (κ2) is 8.37. The molecule has 1 aromatic heterocycles. The van der Waals surface area contributed by atoms with E-state index >= 15 is 0 Å². The fourth-order valence-corrected chi connectivity index (χ4v) is 4.68. The average molecular weight is 479 g/mol. The molecule has 3 aromatic rings. The highest BCUT2D eigenvalue weighted by molar-refractivity contribution is 7.85. The zero-order valence-corrected chi connectivity index (χ0v) is 19.0. The highest BCUT2D eigenvalue weighted by Gasteiger charge is 2.51. The van der Waals surface area contributed by atoms with E-state index in [0.29, 0.717) is 27.9 Å². The van der Waals surface area contributed by atoms with Crippen LogP contribution in [0.4, 0.5) is 0 Å². The Kier molecular flexibility index (Phi) is 5.71. The van der Waals surface area contributed by atoms with Crippen molar-refractivity contribution >= 4 is 33.4 Å². The number of thiocarbonyl (C=S) groups is 1. The number of nitrogens with one attached hydrogen (secondary N) is 1. The van der Waals surface area contributed by atoms with Crippen molar-refractivity contribution in [3.05, 3.63) is 89.1 Å². The molecule has 10 heteroatoms. The van der Waals surface area contributed by atoms with E-state index in [1.807, 2.05) is 6.07 Å². The molecule has 0 bridgehead atoms. The zero-order chi connectivity index (χ0) is 23.8. The van der Waals surface area contributed by atoms with Crippen molar-refractivity contribution in [2.45, 2.75) is 11.3 Å². The van der Waals surface area contributed by atoms with Crippen molar-refractivity contribution in [3.63, 3.8) is 0 Å². The minimum absolute atomic E-state index is 0.242. The minimum atomic E-state index is -4.19. The van der Waals surface area contributed by atoms with Gasteiger partial charge in [0, 0.05) is 18.8 Å². The molecule has 1 amide bonds. The maximum absolute atomic E-state index is 13.5. The monoisotopic (exact) mass is 478 g/mol. The molecule has 8 nitrogen and oxygen atoms in total. The molecule has 1 aliphatic rings. The van der Waals surface area contributed by atoms with Crippen LogP contribution in [-0.2, 0) is 26.2 Å². The number of amides is 1. The number of carbonyl (C=O) groups is 1. The summed E-state index contributed by atoms with van der Waals surface area (Å²) in [5.41, 5.74) is 1.92. The third kappa shape index (κ3) is 4.21. The lowest BCUT2D eigenvalue weighted by Gasteiger charge is -2.28. The Labute approximate surface area is 196 Å². The molecule has 4 rings (SSSR count). The maximum atomic E-state index is 13.5. The van der Waals surface area contributed by atoms with Gasteiger partial charge in [0.25, 0.3) is 16.0 Å². The summed E-state index contributed by atoms with van der Waals surface area (Å²) in [6.07, 6.45) is 1.58. The molecule has 0 radical (unpaired) electrons. The summed E-state index contributed by atoms with van der Waals surface area (Å²) < 4.78 is 31.6. The van der Waals surface area contributed by atoms with Gasteiger partial charge in [-0.3, -0.25) is 19.2 Å². The summed E-state index contributed by atoms with van der Waals surface area (Å²) in [6, 6.07) is 18.9. The first-order chi connectivity index (χ1) is 15.6. The number of nitrogens with zero attached hydrogens (tertiary/aromatic N) is 3. The Morgan fingerprint density at radius 2 is 1.88 bits per heavy atom. The Morgan fingerprint density at radius 1 is 1.15 bits per heavy atom. The number of benzene rings is 2. The Balaban J connectivity index is 1.85. The van der Waals surface area contributed by atoms with Crippen LogP contribution in [-0.4, -0.2) is 40.9 Å². The molecule has 1 saturated heterocycles. The van der Waals surface area contributed by atoms with E-state index in [0.717, 1.165) is 5.56 Å². The van der Waals surface area contributed by atoms with Crippen LogP contribution < -0.4 is 5.32 Å². The van der Waals surface area contributed by atoms with Crippen LogP contribution >= 0.6 is 12.2 Å². The molecule has 2 N–H and O–H groups in total. The van der Waals surface area contributed by atoms with Crippen LogP contribution in [0.25, 0.3) is 11.3 Å². The fourth-order valence-electron chi connectivity index (χ4n) is 3.83. The molecule has 1 atom stereocenters. The second-order valence-electron chi connectivity index (χ2n) is 7.59. The van der Waals surface area contributed by atoms with Gasteiger partial charge in [-0.1, -0.05) is 36.4 Å². The van der Waals surface area contributed by atoms with Crippen LogP contribution in [0.3, 0.4) is 0 Å². The number of pyridine rings is 1. The topological polar surface area (TPSA) is 123 Å². The van der Waals surface area contributed by atoms with Crippen LogP contribution in [0, 0.1) is 11.3 Å². The highest BCUT2D eigenvalue weighted by Crippen LogP contribution is 2.37. The Hall–Kier alpha value is -3.65. The Bertz CT molecular complexity index is 1410. The van der Waals surface area contributed by atoms with Crippen molar-refractivity contribution in [2.24, 2.45) is 0 Å². The predicted molar refractivity (Wildman–Crippen MR) is 125 cm³/mol. The summed E-state index contributed by atoms with van der Waals surface area (Å²) in [7, 11) is -2.62. The molecule has 2 aromatic carbocycles. The third-order valence-corrected chi connectivity index (χ3v) is 6.51. The largest absolute Gasteiger partial charge is 0.341 e. The van der Waals surface area contributed by atoms with Crippen LogP contribution in [0.1, 0.15) is 22.3 Å². The predicted octanol–water partition coefficient (Wildman–Crippen LogP) is 2.60. The molecule has 2 heterocycles. The summed E-state index contributed by atoms with van der Waals surface area (Å²) in [6.45, 7) is 0. The van der Waals surface area contributed by atoms with E-state index in [2.05, 4.69) is 16.4 Å². The van der Waals surface area contributed by atoms with Crippen LogP contribution in [0.15, 0.2) is 66.9 Å². The Morgan fingerprint density at radius 3 is 2.48 bits per heavy atom. The molecular weight excluding hydrogens is 460 g/mol. The lowest BCUT2D eigenvalue weighted by atomic mass is 9.82. The summed E-state index contributed by atoms with van der Waals surface area (Å²) in [4.78, 5) is 19.2. The molecular formula is C23H18N4O4S2. The lowest BCUT2D eigenvalue weighted by molar-refractivity contribution is -0.129. The van der Waals surface area contributed by atoms with E-state index in [1.165, 1.54) is 4.90 Å². The maximum Gasteiger partial charge on any atom is 0.269 e. The van der Waals surface area contributed by atoms with Gasteiger partial charge < -0.3 is 5.32 Å². The first-order valence-corrected chi connectivity index (χ1v) is 11.8. The van der Waals surface area contributed by atoms with Crippen LogP contribution in [0.5, 0.6) is 0 Å². The quantitative estimate of drug-likeness (QED) is 0.424. The van der Waals surface area contributed by atoms with Gasteiger partial charge in [0.05, 0.1) is 17.3 Å². The van der Waals surface area contributed by atoms with Gasteiger partial charge in [0.15, 0.2) is 10.7 Å². The van der Waals surface area contributed by atoms with Crippen molar-refractivity contribution in [1.82, 2.24) is 15.2 Å². The van der Waals surface area contributed by atoms with Crippen molar-refractivity contribution in [1.29, 1.82) is 5.26 Å². The van der Waals surface area contributed by atoms with E-state index in [1.54, 1.807) is 67.8 Å². The molecule has 0 saturated carbocycles. The normalized spacial score (nSPS) is 18.2. The molecule has 1 unspecified atom stereocenters. The van der Waals surface area contributed by atoms with Gasteiger partial charge in [-0.2, -0.15) is 13.7 Å². The van der Waals surface area contributed by atoms with Gasteiger partial charge in [0.1, 0.15) is 5.75 Å². The first-order valence-electron chi connectivity index (χ1n) is 9.76. The summed E-state index contributed by atoms with van der Waals surface area (Å²) in [5, 5.41) is 12.6. The standard InChI is InChI=1S/C23H18N4O4S2/c1-27-21(28)23(26-22(27)32,18-7-5-15(6-8-18)14-33(29,30)31)19-9-10-25-20(12-19)17-4-2-3-16(11-17)13-24/h2-12H,14H2,1H3,(H,26,32)(H,29,30,31). The second-order valence-corrected chi connectivity index (χ2v) is 9.43. The highest BCUT2D eigenvalue weighted by atomic mass is 32.2. The van der Waals surface area contributed by atoms with E-state index < -0.39 is 21.4 Å². The lowest BCUT2D eigenvalue weighted by Crippen LogP contribution is -2.45. The van der Waals surface area contributed by atoms with E-state index in [4.69, 9.17) is 16.8 Å². The molecule has 0 aliphatic carbocycles. The van der Waals surface area contributed by atoms with Gasteiger partial charge in [-0.25, -0.2) is 0 Å². The SMILES string of the molecule is CN1C(=O)C(c2ccc(CS(=O)(=O)O)cc2)(c2ccnc(-c3cccc(C#N)c3)c2)NC1=S. The fraction of sp³-hybridized carbons (Fsp3) is 0.130. The molecule has 33 heavy (non-hydrogen) atoms. The van der Waals surface area contributed by atoms with Crippen molar-refractivity contribution in [3.8, 4) is 17.3 Å². The minimum Gasteiger partial charge on any atom is -0.341 e. The third-order valence-electron chi connectivity index (χ3n) is 5.44. The molecule has 1 aliphatic heterocycles. The molecule has 0 spiro atoms. The van der Waals surface area contributed by atoms with E-state index in [9.17, 15) is 18.5 Å². The van der Waals surface area contributed by atoms with Gasteiger partial charge in [-0.15, -0.1) is 0 Å². The summed E-state index contributed by atoms with van der Waals surface area (Å²) in [5.74, 6) is -0.841. The number of aromatic nitrogens is 1. The first kappa shape index (κ1) is 22.5. The smallest absolute Gasteiger partial charge is 0.269 e. The van der Waals surface area contributed by atoms with E-state index in [-0.39, 0.29) is 11.0 Å². The van der Waals surface area contributed by atoms with Crippen LogP contribution in [0.2, 0.25) is 0 Å². The number of nitriles is 1. The van der Waals surface area contributed by atoms with Crippen molar-refractivity contribution in [2.75, 3.05) is 7.05 Å². The van der Waals surface area contributed by atoms with Gasteiger partial charge >= 0.3 is 0 Å². The number of hydrogen-bond acceptors (Lipinski definition) is 6. The number of rotatable bonds is 5. The molecule has 1 fully saturated rings. The number of hydrogen-bond donors (Lipinski definition) is 2.